The first-order valence-electron chi connectivity index (χ1n) is 12.4. The molecule has 1 amide bonds. The van der Waals surface area contributed by atoms with Crippen molar-refractivity contribution in [2.24, 2.45) is 40.2 Å². The zero-order valence-corrected chi connectivity index (χ0v) is 21.7. The number of hydrogen-bond acceptors (Lipinski definition) is 9. The largest absolute Gasteiger partial charge is 0.507 e. The number of amides is 1. The van der Waals surface area contributed by atoms with E-state index in [-0.39, 0.29) is 22.5 Å². The third kappa shape index (κ3) is 2.95. The highest BCUT2D eigenvalue weighted by atomic mass is 16.4. The van der Waals surface area contributed by atoms with Crippen LogP contribution >= 0.6 is 0 Å². The number of fused-ring (bicyclic) bond motifs is 3. The van der Waals surface area contributed by atoms with Gasteiger partial charge in [0.25, 0.3) is 0 Å². The van der Waals surface area contributed by atoms with Crippen LogP contribution in [0.3, 0.4) is 0 Å². The summed E-state index contributed by atoms with van der Waals surface area (Å²) in [6.45, 7) is 9.21. The normalized spacial score (nSPS) is 43.2. The molecule has 2 fully saturated rings. The van der Waals surface area contributed by atoms with Crippen LogP contribution in [0.25, 0.3) is 0 Å². The van der Waals surface area contributed by atoms with Crippen molar-refractivity contribution in [3.63, 3.8) is 0 Å². The van der Waals surface area contributed by atoms with Gasteiger partial charge in [-0.1, -0.05) is 34.6 Å². The minimum atomic E-state index is -2.84. The Bertz CT molecular complexity index is 1230. The third-order valence-electron chi connectivity index (χ3n) is 9.97. The quantitative estimate of drug-likeness (QED) is 0.241. The van der Waals surface area contributed by atoms with Crippen LogP contribution in [-0.2, 0) is 9.59 Å². The minimum Gasteiger partial charge on any atom is -0.507 e. The number of aliphatic hydroxyl groups excluding tert-OH is 3. The second-order valence-electron chi connectivity index (χ2n) is 11.8. The first kappa shape index (κ1) is 27.4. The number of phenols is 1. The number of carbonyl (C=O) groups is 4. The zero-order chi connectivity index (χ0) is 28.2. The molecular weight excluding hydrogens is 482 g/mol. The molecule has 2 unspecified atom stereocenters. The molecule has 0 radical (unpaired) electrons. The van der Waals surface area contributed by atoms with Crippen LogP contribution in [-0.4, -0.2) is 72.7 Å². The van der Waals surface area contributed by atoms with Gasteiger partial charge in [-0.05, 0) is 42.4 Å². The molecule has 0 spiro atoms. The lowest BCUT2D eigenvalue weighted by molar-refractivity contribution is -0.306. The fourth-order valence-electron chi connectivity index (χ4n) is 8.13. The van der Waals surface area contributed by atoms with Gasteiger partial charge in [-0.15, -0.1) is 0 Å². The molecule has 7 N–H and O–H groups in total. The summed E-state index contributed by atoms with van der Waals surface area (Å²) in [4.78, 5) is 52.4. The van der Waals surface area contributed by atoms with Crippen molar-refractivity contribution in [1.29, 1.82) is 0 Å². The molecule has 37 heavy (non-hydrogen) atoms. The number of phenolic OH excluding ortho intramolecular Hbond substituents is 1. The topological polar surface area (TPSA) is 195 Å². The van der Waals surface area contributed by atoms with Crippen molar-refractivity contribution in [3.8, 4) is 5.75 Å². The summed E-state index contributed by atoms with van der Waals surface area (Å²) in [5.41, 5.74) is -0.756. The molecule has 1 aromatic rings. The molecular formula is C27H35NO9. The molecule has 10 atom stereocenters. The van der Waals surface area contributed by atoms with E-state index in [0.29, 0.717) is 0 Å². The van der Waals surface area contributed by atoms with Crippen LogP contribution in [0.4, 0.5) is 0 Å². The van der Waals surface area contributed by atoms with Gasteiger partial charge in [0.1, 0.15) is 17.8 Å². The van der Waals surface area contributed by atoms with Crippen LogP contribution < -0.4 is 5.73 Å². The highest BCUT2D eigenvalue weighted by Crippen LogP contribution is 2.68. The van der Waals surface area contributed by atoms with Gasteiger partial charge in [0, 0.05) is 16.4 Å². The van der Waals surface area contributed by atoms with Crippen LogP contribution in [0.5, 0.6) is 5.75 Å². The zero-order valence-electron chi connectivity index (χ0n) is 21.7. The maximum atomic E-state index is 14.0. The maximum absolute atomic E-state index is 14.0. The van der Waals surface area contributed by atoms with E-state index in [2.05, 4.69) is 0 Å². The molecule has 0 aromatic heterocycles. The van der Waals surface area contributed by atoms with Crippen molar-refractivity contribution >= 4 is 23.3 Å². The molecule has 3 aliphatic carbocycles. The number of ketones is 3. The van der Waals surface area contributed by atoms with Gasteiger partial charge in [0.2, 0.25) is 5.91 Å². The van der Waals surface area contributed by atoms with E-state index >= 15 is 0 Å². The Morgan fingerprint density at radius 1 is 1.08 bits per heavy atom. The number of rotatable bonds is 3. The first-order chi connectivity index (χ1) is 16.9. The Kier molecular flexibility index (Phi) is 6.04. The van der Waals surface area contributed by atoms with E-state index in [1.807, 2.05) is 0 Å². The molecule has 10 heteroatoms. The summed E-state index contributed by atoms with van der Waals surface area (Å²) in [5, 5.41) is 57.8. The van der Waals surface area contributed by atoms with Crippen LogP contribution in [0, 0.1) is 34.5 Å². The van der Waals surface area contributed by atoms with Gasteiger partial charge in [0.05, 0.1) is 23.7 Å². The van der Waals surface area contributed by atoms with Gasteiger partial charge in [-0.2, -0.15) is 0 Å². The molecule has 10 nitrogen and oxygen atoms in total. The second kappa shape index (κ2) is 8.17. The summed E-state index contributed by atoms with van der Waals surface area (Å²) in [6.07, 6.45) is -5.49. The molecule has 0 aliphatic heterocycles. The van der Waals surface area contributed by atoms with Gasteiger partial charge >= 0.3 is 0 Å². The van der Waals surface area contributed by atoms with Crippen LogP contribution in [0.15, 0.2) is 12.1 Å². The molecule has 0 saturated heterocycles. The van der Waals surface area contributed by atoms with E-state index < -0.39 is 87.6 Å². The Morgan fingerprint density at radius 2 is 1.65 bits per heavy atom. The van der Waals surface area contributed by atoms with Crippen molar-refractivity contribution < 1.29 is 44.7 Å². The van der Waals surface area contributed by atoms with Crippen molar-refractivity contribution in [1.82, 2.24) is 0 Å². The highest BCUT2D eigenvalue weighted by Gasteiger charge is 2.80. The first-order valence-corrected chi connectivity index (χ1v) is 12.4. The molecule has 3 aliphatic rings. The van der Waals surface area contributed by atoms with Gasteiger partial charge < -0.3 is 31.3 Å². The van der Waals surface area contributed by atoms with Crippen molar-refractivity contribution in [2.45, 2.75) is 71.4 Å². The van der Waals surface area contributed by atoms with Gasteiger partial charge in [0.15, 0.2) is 23.0 Å². The molecule has 2 saturated carbocycles. The number of Topliss-reactive ketones (excluding diaryl/α,β-unsaturated/α-hetero) is 3. The molecule has 4 rings (SSSR count). The van der Waals surface area contributed by atoms with E-state index in [4.69, 9.17) is 5.73 Å². The summed E-state index contributed by atoms with van der Waals surface area (Å²) in [7, 11) is 0. The number of carbonyl (C=O) groups excluding carboxylic acids is 4. The highest BCUT2D eigenvalue weighted by molar-refractivity contribution is 6.11. The SMILES string of the molecule is CC(=O)c1ccc(O)c2c1[C@@H](C)[C@@]1(C)[C@H](C2=O)C(O)[C@@]2(O)C(=O)[C@H](C(N)=O)C(O)[C@H](C(C)C)[C@@]2(C)[C@@H]1O. The Morgan fingerprint density at radius 3 is 2.14 bits per heavy atom. The lowest BCUT2D eigenvalue weighted by atomic mass is 9.36. The lowest BCUT2D eigenvalue weighted by Crippen LogP contribution is -2.83. The second-order valence-corrected chi connectivity index (χ2v) is 11.8. The summed E-state index contributed by atoms with van der Waals surface area (Å²) < 4.78 is 0. The lowest BCUT2D eigenvalue weighted by Gasteiger charge is -2.69. The maximum Gasteiger partial charge on any atom is 0.230 e. The summed E-state index contributed by atoms with van der Waals surface area (Å²) in [5.74, 6) is -10.1. The smallest absolute Gasteiger partial charge is 0.230 e. The van der Waals surface area contributed by atoms with Crippen molar-refractivity contribution in [2.75, 3.05) is 0 Å². The van der Waals surface area contributed by atoms with Gasteiger partial charge in [-0.3, -0.25) is 19.2 Å². The predicted molar refractivity (Wildman–Crippen MR) is 130 cm³/mol. The summed E-state index contributed by atoms with van der Waals surface area (Å²) in [6, 6.07) is 2.57. The number of primary amides is 1. The number of benzene rings is 1. The third-order valence-corrected chi connectivity index (χ3v) is 9.97. The average Bonchev–Trinajstić information content (AvgIpc) is 2.78. The van der Waals surface area contributed by atoms with E-state index in [1.54, 1.807) is 20.8 Å². The van der Waals surface area contributed by atoms with E-state index in [0.717, 1.165) is 0 Å². The Hall–Kier alpha value is -2.66. The average molecular weight is 518 g/mol. The minimum absolute atomic E-state index is 0.162. The standard InChI is InChI=1S/C27H35NO9/c1-9(2)17-20(32)16(23(28)35)21(33)27(37)22(34)18-19(31)15-13(30)8-7-12(11(4)29)14(15)10(3)25(18,5)24(36)26(17,27)6/h7-10,16-18,20,22,24,30,32,34,36-37H,1-6H3,(H2,28,35)/t10-,16-,17+,18-,20?,22?,24-,25+,26+,27+/m1/s1. The van der Waals surface area contributed by atoms with E-state index in [9.17, 15) is 44.7 Å². The molecule has 202 valence electrons. The number of nitrogens with two attached hydrogens (primary N) is 1. The monoisotopic (exact) mass is 517 g/mol. The van der Waals surface area contributed by atoms with Crippen molar-refractivity contribution in [3.05, 3.63) is 28.8 Å². The van der Waals surface area contributed by atoms with Gasteiger partial charge in [-0.25, -0.2) is 0 Å². The Labute approximate surface area is 214 Å². The Balaban J connectivity index is 2.09. The fraction of sp³-hybridized carbons (Fsp3) is 0.630. The predicted octanol–water partition coefficient (Wildman–Crippen LogP) is 0.307. The fourth-order valence-corrected chi connectivity index (χ4v) is 8.13. The summed E-state index contributed by atoms with van der Waals surface area (Å²) >= 11 is 0. The number of aromatic hydroxyl groups is 1. The number of aliphatic hydroxyl groups is 4. The van der Waals surface area contributed by atoms with E-state index in [1.165, 1.54) is 32.9 Å². The van der Waals surface area contributed by atoms with Crippen LogP contribution in [0.1, 0.15) is 73.7 Å². The number of hydrogen-bond donors (Lipinski definition) is 6. The van der Waals surface area contributed by atoms with Crippen LogP contribution in [0.2, 0.25) is 0 Å². The molecule has 0 heterocycles. The molecule has 0 bridgehead atoms. The molecule has 1 aromatic carbocycles.